The maximum absolute atomic E-state index is 8.71. The summed E-state index contributed by atoms with van der Waals surface area (Å²) in [6.07, 6.45) is -0.725. The lowest BCUT2D eigenvalue weighted by Crippen LogP contribution is -2.15. The molecule has 0 spiro atoms. The molecule has 0 aromatic heterocycles. The van der Waals surface area contributed by atoms with Crippen LogP contribution in [0.4, 0.5) is 0 Å². The molecule has 0 saturated heterocycles. The molecule has 0 rings (SSSR count). The highest BCUT2D eigenvalue weighted by atomic mass is 16.6. The Labute approximate surface area is 78.8 Å². The highest BCUT2D eigenvalue weighted by Gasteiger charge is 1.93. The molecule has 5 heteroatoms. The lowest BCUT2D eigenvalue weighted by Gasteiger charge is -2.07. The average molecular weight is 193 g/mol. The van der Waals surface area contributed by atoms with Crippen molar-refractivity contribution < 1.29 is 19.3 Å². The SMILES string of the molecule is CC(O)OCCOCCOCCN. The predicted molar refractivity (Wildman–Crippen MR) is 48.3 cm³/mol. The van der Waals surface area contributed by atoms with Crippen LogP contribution in [0.3, 0.4) is 0 Å². The Balaban J connectivity index is 2.84. The van der Waals surface area contributed by atoms with Gasteiger partial charge >= 0.3 is 0 Å². The van der Waals surface area contributed by atoms with Gasteiger partial charge in [0.2, 0.25) is 0 Å². The molecular formula is C8H19NO4. The van der Waals surface area contributed by atoms with E-state index < -0.39 is 6.29 Å². The summed E-state index contributed by atoms with van der Waals surface area (Å²) in [7, 11) is 0. The zero-order chi connectivity index (χ0) is 9.94. The van der Waals surface area contributed by atoms with Gasteiger partial charge in [-0.2, -0.15) is 0 Å². The topological polar surface area (TPSA) is 73.9 Å². The molecule has 1 atom stereocenters. The lowest BCUT2D eigenvalue weighted by molar-refractivity contribution is -0.101. The summed E-state index contributed by atoms with van der Waals surface area (Å²) in [6.45, 7) is 4.60. The van der Waals surface area contributed by atoms with Crippen molar-refractivity contribution >= 4 is 0 Å². The van der Waals surface area contributed by atoms with Gasteiger partial charge in [-0.1, -0.05) is 0 Å². The average Bonchev–Trinajstić information content (AvgIpc) is 2.09. The van der Waals surface area contributed by atoms with Crippen molar-refractivity contribution in [2.24, 2.45) is 5.73 Å². The van der Waals surface area contributed by atoms with Crippen LogP contribution in [0.5, 0.6) is 0 Å². The van der Waals surface area contributed by atoms with Gasteiger partial charge in [-0.15, -0.1) is 0 Å². The van der Waals surface area contributed by atoms with Crippen LogP contribution in [0.25, 0.3) is 0 Å². The Bertz CT molecular complexity index is 100. The second-order valence-corrected chi connectivity index (χ2v) is 2.48. The molecule has 0 aromatic carbocycles. The number of hydrogen-bond acceptors (Lipinski definition) is 5. The molecule has 1 unspecified atom stereocenters. The number of aliphatic hydroxyl groups excluding tert-OH is 1. The van der Waals surface area contributed by atoms with Gasteiger partial charge in [0.25, 0.3) is 0 Å². The molecule has 0 bridgehead atoms. The molecule has 0 aromatic rings. The Morgan fingerprint density at radius 2 is 1.62 bits per heavy atom. The summed E-state index contributed by atoms with van der Waals surface area (Å²) in [5.41, 5.74) is 5.21. The second-order valence-electron chi connectivity index (χ2n) is 2.48. The zero-order valence-electron chi connectivity index (χ0n) is 8.07. The molecule has 0 amide bonds. The molecule has 0 aliphatic carbocycles. The fraction of sp³-hybridized carbons (Fsp3) is 1.00. The van der Waals surface area contributed by atoms with E-state index in [2.05, 4.69) is 0 Å². The molecule has 0 aliphatic rings. The van der Waals surface area contributed by atoms with Crippen molar-refractivity contribution in [1.29, 1.82) is 0 Å². The van der Waals surface area contributed by atoms with Gasteiger partial charge in [-0.05, 0) is 6.92 Å². The minimum Gasteiger partial charge on any atom is -0.378 e. The summed E-state index contributed by atoms with van der Waals surface area (Å²) in [5.74, 6) is 0. The van der Waals surface area contributed by atoms with Gasteiger partial charge in [0, 0.05) is 6.54 Å². The maximum atomic E-state index is 8.71. The van der Waals surface area contributed by atoms with Crippen LogP contribution >= 0.6 is 0 Å². The van der Waals surface area contributed by atoms with Gasteiger partial charge in [0.15, 0.2) is 6.29 Å². The maximum Gasteiger partial charge on any atom is 0.151 e. The molecule has 0 saturated carbocycles. The summed E-state index contributed by atoms with van der Waals surface area (Å²) in [4.78, 5) is 0. The minimum absolute atomic E-state index is 0.397. The fourth-order valence-corrected chi connectivity index (χ4v) is 0.683. The van der Waals surface area contributed by atoms with Crippen molar-refractivity contribution in [2.75, 3.05) is 39.6 Å². The lowest BCUT2D eigenvalue weighted by atomic mass is 10.7. The van der Waals surface area contributed by atoms with Crippen molar-refractivity contribution in [1.82, 2.24) is 0 Å². The third-order valence-electron chi connectivity index (χ3n) is 1.22. The number of nitrogens with two attached hydrogens (primary N) is 1. The van der Waals surface area contributed by atoms with Crippen LogP contribution in [0, 0.1) is 0 Å². The summed E-state index contributed by atoms with van der Waals surface area (Å²) < 4.78 is 15.0. The van der Waals surface area contributed by atoms with Gasteiger partial charge in [-0.25, -0.2) is 0 Å². The van der Waals surface area contributed by atoms with Gasteiger partial charge in [-0.3, -0.25) is 0 Å². The molecule has 13 heavy (non-hydrogen) atoms. The van der Waals surface area contributed by atoms with Crippen LogP contribution < -0.4 is 5.73 Å². The van der Waals surface area contributed by atoms with Crippen molar-refractivity contribution in [3.05, 3.63) is 0 Å². The normalized spacial score (nSPS) is 13.2. The first kappa shape index (κ1) is 12.8. The largest absolute Gasteiger partial charge is 0.378 e. The third-order valence-corrected chi connectivity index (χ3v) is 1.22. The Hall–Kier alpha value is -0.200. The van der Waals surface area contributed by atoms with Crippen LogP contribution in [-0.2, 0) is 14.2 Å². The third kappa shape index (κ3) is 11.8. The van der Waals surface area contributed by atoms with Crippen molar-refractivity contribution in [2.45, 2.75) is 13.2 Å². The van der Waals surface area contributed by atoms with E-state index in [9.17, 15) is 0 Å². The summed E-state index contributed by atoms with van der Waals surface area (Å²) >= 11 is 0. The van der Waals surface area contributed by atoms with Gasteiger partial charge in [0.05, 0.1) is 33.0 Å². The quantitative estimate of drug-likeness (QED) is 0.375. The predicted octanol–water partition coefficient (Wildman–Crippen LogP) is -0.667. The molecule has 80 valence electrons. The van der Waals surface area contributed by atoms with E-state index in [0.717, 1.165) is 0 Å². The standard InChI is InChI=1S/C8H19NO4/c1-8(10)13-7-6-12-5-4-11-3-2-9/h8,10H,2-7,9H2,1H3. The fourth-order valence-electron chi connectivity index (χ4n) is 0.683. The number of ether oxygens (including phenoxy) is 3. The Kier molecular flexibility index (Phi) is 9.73. The van der Waals surface area contributed by atoms with Gasteiger partial charge in [0.1, 0.15) is 0 Å². The van der Waals surface area contributed by atoms with E-state index in [1.54, 1.807) is 6.92 Å². The number of aliphatic hydroxyl groups is 1. The van der Waals surface area contributed by atoms with E-state index in [4.69, 9.17) is 25.1 Å². The Morgan fingerprint density at radius 3 is 2.15 bits per heavy atom. The monoisotopic (exact) mass is 193 g/mol. The van der Waals surface area contributed by atoms with Crippen molar-refractivity contribution in [3.8, 4) is 0 Å². The first-order valence-corrected chi connectivity index (χ1v) is 4.42. The van der Waals surface area contributed by atoms with Crippen LogP contribution in [0.2, 0.25) is 0 Å². The molecule has 3 N–H and O–H groups in total. The smallest absolute Gasteiger partial charge is 0.151 e. The van der Waals surface area contributed by atoms with Crippen molar-refractivity contribution in [3.63, 3.8) is 0 Å². The van der Waals surface area contributed by atoms with E-state index in [1.165, 1.54) is 0 Å². The summed E-state index contributed by atoms with van der Waals surface area (Å²) in [5, 5.41) is 8.71. The van der Waals surface area contributed by atoms with E-state index in [-0.39, 0.29) is 0 Å². The van der Waals surface area contributed by atoms with E-state index >= 15 is 0 Å². The Morgan fingerprint density at radius 1 is 1.08 bits per heavy atom. The first-order chi connectivity index (χ1) is 6.27. The van der Waals surface area contributed by atoms with Gasteiger partial charge < -0.3 is 25.1 Å². The molecule has 0 fully saturated rings. The van der Waals surface area contributed by atoms with E-state index in [1.807, 2.05) is 0 Å². The van der Waals surface area contributed by atoms with Crippen LogP contribution in [0.15, 0.2) is 0 Å². The molecule has 5 nitrogen and oxygen atoms in total. The first-order valence-electron chi connectivity index (χ1n) is 4.42. The summed E-state index contributed by atoms with van der Waals surface area (Å²) in [6, 6.07) is 0. The highest BCUT2D eigenvalue weighted by Crippen LogP contribution is 1.84. The van der Waals surface area contributed by atoms with E-state index in [0.29, 0.717) is 39.6 Å². The zero-order valence-corrected chi connectivity index (χ0v) is 8.07. The minimum atomic E-state index is -0.725. The van der Waals surface area contributed by atoms with Crippen LogP contribution in [-0.4, -0.2) is 51.0 Å². The second kappa shape index (κ2) is 9.88. The molecule has 0 heterocycles. The number of hydrogen-bond donors (Lipinski definition) is 2. The molecule has 0 radical (unpaired) electrons. The molecule has 0 aliphatic heterocycles. The highest BCUT2D eigenvalue weighted by molar-refractivity contribution is 4.34. The molecular weight excluding hydrogens is 174 g/mol. The van der Waals surface area contributed by atoms with Crippen LogP contribution in [0.1, 0.15) is 6.92 Å². The number of rotatable bonds is 9.